The normalized spacial score (nSPS) is 12.4. The molecule has 0 spiro atoms. The van der Waals surface area contributed by atoms with Crippen LogP contribution in [-0.4, -0.2) is 15.0 Å². The van der Waals surface area contributed by atoms with E-state index in [1.54, 1.807) is 16.8 Å². The first-order chi connectivity index (χ1) is 12.6. The summed E-state index contributed by atoms with van der Waals surface area (Å²) >= 11 is 2.29. The van der Waals surface area contributed by atoms with E-state index >= 15 is 0 Å². The van der Waals surface area contributed by atoms with Gasteiger partial charge in [0.15, 0.2) is 0 Å². The van der Waals surface area contributed by atoms with Crippen molar-refractivity contribution in [1.29, 1.82) is 0 Å². The third kappa shape index (κ3) is 2.13. The van der Waals surface area contributed by atoms with Crippen molar-refractivity contribution in [2.45, 2.75) is 6.54 Å². The maximum atomic E-state index is 13.0. The zero-order valence-electron chi connectivity index (χ0n) is 13.6. The molecule has 0 bridgehead atoms. The average molecular weight is 452 g/mol. The lowest BCUT2D eigenvalue weighted by Crippen LogP contribution is -2.20. The van der Waals surface area contributed by atoms with Crippen molar-refractivity contribution in [2.24, 2.45) is 0 Å². The molecule has 5 heteroatoms. The maximum absolute atomic E-state index is 13.0. The number of para-hydroxylation sites is 1. The summed E-state index contributed by atoms with van der Waals surface area (Å²) in [4.78, 5) is 25.8. The second kappa shape index (κ2) is 5.67. The molecule has 0 unspecified atom stereocenters. The van der Waals surface area contributed by atoms with Crippen molar-refractivity contribution >= 4 is 39.4 Å². The van der Waals surface area contributed by atoms with Gasteiger partial charge in [-0.15, -0.1) is 0 Å². The minimum atomic E-state index is -0.243. The van der Waals surface area contributed by atoms with Gasteiger partial charge in [0.2, 0.25) is 5.43 Å². The molecule has 0 aliphatic carbocycles. The van der Waals surface area contributed by atoms with Crippen LogP contribution in [-0.2, 0) is 6.54 Å². The van der Waals surface area contributed by atoms with Crippen molar-refractivity contribution in [3.63, 3.8) is 0 Å². The number of aromatic nitrogens is 2. The molecule has 0 N–H and O–H groups in total. The van der Waals surface area contributed by atoms with Crippen LogP contribution >= 0.6 is 22.6 Å². The van der Waals surface area contributed by atoms with Crippen LogP contribution in [0.3, 0.4) is 0 Å². The van der Waals surface area contributed by atoms with E-state index in [0.29, 0.717) is 17.6 Å². The number of hydrogen-bond acceptors (Lipinski definition) is 2. The third-order valence-corrected chi connectivity index (χ3v) is 5.50. The van der Waals surface area contributed by atoms with Crippen molar-refractivity contribution < 1.29 is 4.79 Å². The molecule has 1 aliphatic heterocycles. The predicted octanol–water partition coefficient (Wildman–Crippen LogP) is 4.12. The second-order valence-electron chi connectivity index (χ2n) is 6.35. The standard InChI is InChI=1S/C21H13IN2O2/c22-14-6-3-5-13(11-14)12-24-16-8-2-1-7-15(16)20(25)18-19(24)17-9-4-10-23(17)21(18)26/h1-11H,12H2. The van der Waals surface area contributed by atoms with Crippen LogP contribution in [0.1, 0.15) is 15.9 Å². The Kier molecular flexibility index (Phi) is 3.40. The van der Waals surface area contributed by atoms with Gasteiger partial charge in [0.1, 0.15) is 5.56 Å². The Hall–Kier alpha value is -2.67. The Balaban J connectivity index is 1.88. The lowest BCUT2D eigenvalue weighted by Gasteiger charge is -2.16. The summed E-state index contributed by atoms with van der Waals surface area (Å²) in [5.74, 6) is -0.243. The molecular weight excluding hydrogens is 439 g/mol. The molecule has 0 saturated carbocycles. The summed E-state index contributed by atoms with van der Waals surface area (Å²) in [5, 5.41) is 0.580. The fourth-order valence-corrected chi connectivity index (χ4v) is 4.32. The van der Waals surface area contributed by atoms with Crippen LogP contribution in [0.25, 0.3) is 22.3 Å². The SMILES string of the molecule is O=C1c2c(n(Cc3cccc(I)c3)c3ccccc3c2=O)-c2cccn21. The number of benzene rings is 2. The summed E-state index contributed by atoms with van der Waals surface area (Å²) in [5.41, 5.74) is 3.54. The fourth-order valence-electron chi connectivity index (χ4n) is 3.72. The van der Waals surface area contributed by atoms with Crippen molar-refractivity contribution in [2.75, 3.05) is 0 Å². The molecule has 0 saturated heterocycles. The van der Waals surface area contributed by atoms with Gasteiger partial charge in [-0.25, -0.2) is 0 Å². The smallest absolute Gasteiger partial charge is 0.268 e. The molecular formula is C21H13IN2O2. The van der Waals surface area contributed by atoms with Crippen LogP contribution < -0.4 is 5.43 Å². The highest BCUT2D eigenvalue weighted by Crippen LogP contribution is 2.33. The van der Waals surface area contributed by atoms with Gasteiger partial charge < -0.3 is 4.57 Å². The van der Waals surface area contributed by atoms with E-state index < -0.39 is 0 Å². The molecule has 5 rings (SSSR count). The average Bonchev–Trinajstić information content (AvgIpc) is 3.22. The highest BCUT2D eigenvalue weighted by Gasteiger charge is 2.32. The molecule has 3 heterocycles. The molecule has 1 aliphatic rings. The summed E-state index contributed by atoms with van der Waals surface area (Å²) < 4.78 is 4.81. The number of hydrogen-bond donors (Lipinski definition) is 0. The monoisotopic (exact) mass is 452 g/mol. The highest BCUT2D eigenvalue weighted by atomic mass is 127. The first-order valence-corrected chi connectivity index (χ1v) is 9.35. The Bertz CT molecular complexity index is 1270. The van der Waals surface area contributed by atoms with Crippen molar-refractivity contribution in [1.82, 2.24) is 9.13 Å². The molecule has 2 aromatic heterocycles. The van der Waals surface area contributed by atoms with E-state index in [2.05, 4.69) is 39.3 Å². The van der Waals surface area contributed by atoms with Crippen molar-refractivity contribution in [3.8, 4) is 11.4 Å². The Morgan fingerprint density at radius 3 is 2.62 bits per heavy atom. The van der Waals surface area contributed by atoms with E-state index in [4.69, 9.17) is 0 Å². The number of carbonyl (C=O) groups excluding carboxylic acids is 1. The first-order valence-electron chi connectivity index (χ1n) is 8.27. The largest absolute Gasteiger partial charge is 0.334 e. The molecule has 4 aromatic rings. The summed E-state index contributed by atoms with van der Waals surface area (Å²) in [6.07, 6.45) is 1.72. The molecule has 0 radical (unpaired) electrons. The number of carbonyl (C=O) groups is 1. The van der Waals surface area contributed by atoms with Gasteiger partial charge in [-0.3, -0.25) is 14.2 Å². The van der Waals surface area contributed by atoms with Gasteiger partial charge in [-0.2, -0.15) is 0 Å². The maximum Gasteiger partial charge on any atom is 0.268 e. The molecule has 126 valence electrons. The first kappa shape index (κ1) is 15.6. The lowest BCUT2D eigenvalue weighted by atomic mass is 10.1. The van der Waals surface area contributed by atoms with Crippen molar-refractivity contribution in [3.05, 3.63) is 91.8 Å². The number of halogens is 1. The van der Waals surface area contributed by atoms with Gasteiger partial charge in [0, 0.05) is 21.7 Å². The van der Waals surface area contributed by atoms with E-state index in [-0.39, 0.29) is 16.9 Å². The van der Waals surface area contributed by atoms with Crippen LogP contribution in [0.15, 0.2) is 71.7 Å². The van der Waals surface area contributed by atoms with Crippen LogP contribution in [0.4, 0.5) is 0 Å². The lowest BCUT2D eigenvalue weighted by molar-refractivity contribution is 0.0968. The molecule has 0 fully saturated rings. The fraction of sp³-hybridized carbons (Fsp3) is 0.0476. The molecule has 26 heavy (non-hydrogen) atoms. The van der Waals surface area contributed by atoms with Gasteiger partial charge >= 0.3 is 0 Å². The molecule has 0 amide bonds. The van der Waals surface area contributed by atoms with Crippen LogP contribution in [0.2, 0.25) is 0 Å². The molecule has 2 aromatic carbocycles. The van der Waals surface area contributed by atoms with E-state index in [1.165, 1.54) is 0 Å². The van der Waals surface area contributed by atoms with E-state index in [0.717, 1.165) is 20.3 Å². The summed E-state index contributed by atoms with van der Waals surface area (Å²) in [6, 6.07) is 19.5. The Morgan fingerprint density at radius 1 is 0.923 bits per heavy atom. The third-order valence-electron chi connectivity index (χ3n) is 4.83. The van der Waals surface area contributed by atoms with Gasteiger partial charge in [-0.05, 0) is 64.6 Å². The second-order valence-corrected chi connectivity index (χ2v) is 7.60. The van der Waals surface area contributed by atoms with E-state index in [1.807, 2.05) is 42.5 Å². The topological polar surface area (TPSA) is 44.0 Å². The minimum absolute atomic E-state index is 0.191. The number of rotatable bonds is 2. The Labute approximate surface area is 162 Å². The zero-order chi connectivity index (χ0) is 17.8. The van der Waals surface area contributed by atoms with Crippen LogP contribution in [0, 0.1) is 3.57 Å². The van der Waals surface area contributed by atoms with E-state index in [9.17, 15) is 9.59 Å². The van der Waals surface area contributed by atoms with Gasteiger partial charge in [-0.1, -0.05) is 24.3 Å². The number of nitrogens with zero attached hydrogens (tertiary/aromatic N) is 2. The summed E-state index contributed by atoms with van der Waals surface area (Å²) in [7, 11) is 0. The quantitative estimate of drug-likeness (QED) is 0.379. The number of fused-ring (bicyclic) bond motifs is 4. The van der Waals surface area contributed by atoms with Gasteiger partial charge in [0.05, 0.1) is 16.9 Å². The zero-order valence-corrected chi connectivity index (χ0v) is 15.8. The number of pyridine rings is 1. The molecule has 0 atom stereocenters. The Morgan fingerprint density at radius 2 is 1.77 bits per heavy atom. The summed E-state index contributed by atoms with van der Waals surface area (Å²) in [6.45, 7) is 0.596. The van der Waals surface area contributed by atoms with Gasteiger partial charge in [0.25, 0.3) is 5.91 Å². The highest BCUT2D eigenvalue weighted by molar-refractivity contribution is 14.1. The van der Waals surface area contributed by atoms with Crippen LogP contribution in [0.5, 0.6) is 0 Å². The molecule has 4 nitrogen and oxygen atoms in total. The minimum Gasteiger partial charge on any atom is -0.334 e. The predicted molar refractivity (Wildman–Crippen MR) is 110 cm³/mol.